The third-order valence-electron chi connectivity index (χ3n) is 2.55. The Labute approximate surface area is 105 Å². The molecule has 0 saturated heterocycles. The summed E-state index contributed by atoms with van der Waals surface area (Å²) in [6.45, 7) is 1.83. The molecule has 0 N–H and O–H groups in total. The lowest BCUT2D eigenvalue weighted by Gasteiger charge is -2.15. The van der Waals surface area contributed by atoms with Crippen LogP contribution in [0.25, 0.3) is 0 Å². The van der Waals surface area contributed by atoms with E-state index in [9.17, 15) is 4.79 Å². The predicted octanol–water partition coefficient (Wildman–Crippen LogP) is 2.14. The van der Waals surface area contributed by atoms with E-state index in [-0.39, 0.29) is 12.1 Å². The predicted molar refractivity (Wildman–Crippen MR) is 67.2 cm³/mol. The first kappa shape index (κ1) is 11.9. The molecule has 0 aliphatic carbocycles. The highest BCUT2D eigenvalue weighted by Crippen LogP contribution is 2.36. The topological polar surface area (TPSA) is 38.8 Å². The summed E-state index contributed by atoms with van der Waals surface area (Å²) in [7, 11) is 3.57. The molecule has 1 aliphatic rings. The van der Waals surface area contributed by atoms with Crippen LogP contribution in [0.5, 0.6) is 5.75 Å². The fraction of sp³-hybridized carbons (Fsp3) is 0.333. The van der Waals surface area contributed by atoms with Crippen molar-refractivity contribution in [3.05, 3.63) is 29.3 Å². The van der Waals surface area contributed by atoms with Crippen molar-refractivity contribution in [1.29, 1.82) is 0 Å². The van der Waals surface area contributed by atoms with Crippen LogP contribution in [0.1, 0.15) is 28.9 Å². The number of rotatable bonds is 1. The Morgan fingerprint density at radius 3 is 2.82 bits per heavy atom. The molecular formula is C12H13NO3S. The highest BCUT2D eigenvalue weighted by atomic mass is 32.1. The van der Waals surface area contributed by atoms with Gasteiger partial charge in [-0.15, -0.1) is 0 Å². The van der Waals surface area contributed by atoms with Gasteiger partial charge in [-0.1, -0.05) is 12.1 Å². The smallest absolute Gasteiger partial charge is 0.342 e. The Kier molecular flexibility index (Phi) is 3.02. The molecule has 0 fully saturated rings. The quantitative estimate of drug-likeness (QED) is 0.565. The SMILES string of the molecule is CC1OC(=O)c2c(OC(=S)N(C)C)cccc21. The number of thiocarbonyl (C=S) groups is 1. The number of hydrogen-bond acceptors (Lipinski definition) is 4. The lowest BCUT2D eigenvalue weighted by atomic mass is 10.1. The molecule has 17 heavy (non-hydrogen) atoms. The van der Waals surface area contributed by atoms with E-state index in [1.165, 1.54) is 0 Å². The van der Waals surface area contributed by atoms with Gasteiger partial charge >= 0.3 is 5.97 Å². The summed E-state index contributed by atoms with van der Waals surface area (Å²) in [5.74, 6) is 0.0974. The molecule has 0 radical (unpaired) electrons. The van der Waals surface area contributed by atoms with E-state index >= 15 is 0 Å². The maximum absolute atomic E-state index is 11.7. The number of hydrogen-bond donors (Lipinski definition) is 0. The number of nitrogens with zero attached hydrogens (tertiary/aromatic N) is 1. The van der Waals surface area contributed by atoms with Gasteiger partial charge in [0.05, 0.1) is 0 Å². The number of ether oxygens (including phenoxy) is 2. The van der Waals surface area contributed by atoms with Gasteiger partial charge in [0.15, 0.2) is 0 Å². The normalized spacial score (nSPS) is 17.4. The van der Waals surface area contributed by atoms with Gasteiger partial charge in [-0.2, -0.15) is 0 Å². The molecule has 1 unspecified atom stereocenters. The first-order chi connectivity index (χ1) is 8.00. The molecule has 0 bridgehead atoms. The van der Waals surface area contributed by atoms with Crippen LogP contribution in [0.4, 0.5) is 0 Å². The molecule has 2 rings (SSSR count). The van der Waals surface area contributed by atoms with Gasteiger partial charge in [-0.25, -0.2) is 4.79 Å². The summed E-state index contributed by atoms with van der Waals surface area (Å²) in [4.78, 5) is 13.4. The first-order valence-corrected chi connectivity index (χ1v) is 5.64. The Morgan fingerprint density at radius 2 is 2.18 bits per heavy atom. The van der Waals surface area contributed by atoms with Crippen molar-refractivity contribution in [2.45, 2.75) is 13.0 Å². The third kappa shape index (κ3) is 2.10. The van der Waals surface area contributed by atoms with Crippen molar-refractivity contribution in [2.24, 2.45) is 0 Å². The summed E-state index contributed by atoms with van der Waals surface area (Å²) in [6.07, 6.45) is -0.228. The lowest BCUT2D eigenvalue weighted by molar-refractivity contribution is 0.0420. The Morgan fingerprint density at radius 1 is 1.47 bits per heavy atom. The van der Waals surface area contributed by atoms with Crippen LogP contribution in [-0.2, 0) is 4.74 Å². The average Bonchev–Trinajstić information content (AvgIpc) is 2.55. The molecule has 1 aromatic carbocycles. The van der Waals surface area contributed by atoms with Crippen molar-refractivity contribution in [3.8, 4) is 5.75 Å². The second kappa shape index (κ2) is 4.33. The number of esters is 1. The van der Waals surface area contributed by atoms with Crippen LogP contribution >= 0.6 is 12.2 Å². The van der Waals surface area contributed by atoms with Crippen LogP contribution < -0.4 is 4.74 Å². The fourth-order valence-electron chi connectivity index (χ4n) is 1.66. The van der Waals surface area contributed by atoms with Crippen LogP contribution in [-0.4, -0.2) is 30.1 Å². The minimum Gasteiger partial charge on any atom is -0.454 e. The summed E-state index contributed by atoms with van der Waals surface area (Å²) in [5, 5.41) is 0.311. The van der Waals surface area contributed by atoms with Crippen LogP contribution in [0.3, 0.4) is 0 Å². The van der Waals surface area contributed by atoms with Gasteiger partial charge < -0.3 is 14.4 Å². The third-order valence-corrected chi connectivity index (χ3v) is 3.00. The Bertz CT molecular complexity index is 485. The lowest BCUT2D eigenvalue weighted by Crippen LogP contribution is -2.25. The summed E-state index contributed by atoms with van der Waals surface area (Å²) >= 11 is 5.05. The Balaban J connectivity index is 2.37. The van der Waals surface area contributed by atoms with E-state index in [1.807, 2.05) is 19.1 Å². The second-order valence-corrected chi connectivity index (χ2v) is 4.38. The average molecular weight is 251 g/mol. The zero-order chi connectivity index (χ0) is 12.6. The van der Waals surface area contributed by atoms with E-state index in [1.54, 1.807) is 25.1 Å². The van der Waals surface area contributed by atoms with Crippen LogP contribution in [0.15, 0.2) is 18.2 Å². The molecule has 0 aromatic heterocycles. The molecule has 0 saturated carbocycles. The van der Waals surface area contributed by atoms with E-state index in [0.717, 1.165) is 5.56 Å². The van der Waals surface area contributed by atoms with E-state index in [0.29, 0.717) is 16.5 Å². The monoisotopic (exact) mass is 251 g/mol. The minimum atomic E-state index is -0.357. The van der Waals surface area contributed by atoms with Gasteiger partial charge in [0.25, 0.3) is 5.17 Å². The number of cyclic esters (lactones) is 1. The van der Waals surface area contributed by atoms with Crippen molar-refractivity contribution in [1.82, 2.24) is 4.90 Å². The minimum absolute atomic E-state index is 0.228. The van der Waals surface area contributed by atoms with Gasteiger partial charge in [0, 0.05) is 19.7 Å². The van der Waals surface area contributed by atoms with Crippen molar-refractivity contribution in [3.63, 3.8) is 0 Å². The summed E-state index contributed by atoms with van der Waals surface area (Å²) in [6, 6.07) is 5.40. The van der Waals surface area contributed by atoms with Gasteiger partial charge in [0.1, 0.15) is 17.4 Å². The zero-order valence-electron chi connectivity index (χ0n) is 9.89. The summed E-state index contributed by atoms with van der Waals surface area (Å²) < 4.78 is 10.6. The van der Waals surface area contributed by atoms with Gasteiger partial charge in [-0.3, -0.25) is 0 Å². The number of carbonyl (C=O) groups excluding carboxylic acids is 1. The highest BCUT2D eigenvalue weighted by molar-refractivity contribution is 7.80. The molecule has 90 valence electrons. The van der Waals surface area contributed by atoms with Crippen LogP contribution in [0.2, 0.25) is 0 Å². The molecule has 0 spiro atoms. The largest absolute Gasteiger partial charge is 0.454 e. The number of fused-ring (bicyclic) bond motifs is 1. The van der Waals surface area contributed by atoms with Gasteiger partial charge in [-0.05, 0) is 25.2 Å². The molecule has 1 atom stereocenters. The summed E-state index contributed by atoms with van der Waals surface area (Å²) in [5.41, 5.74) is 1.32. The van der Waals surface area contributed by atoms with E-state index in [2.05, 4.69) is 0 Å². The number of benzene rings is 1. The molecule has 5 heteroatoms. The number of carbonyl (C=O) groups is 1. The fourth-order valence-corrected chi connectivity index (χ4v) is 1.75. The molecule has 1 heterocycles. The Hall–Kier alpha value is -1.62. The zero-order valence-corrected chi connectivity index (χ0v) is 10.7. The highest BCUT2D eigenvalue weighted by Gasteiger charge is 2.31. The maximum Gasteiger partial charge on any atom is 0.342 e. The van der Waals surface area contributed by atoms with Gasteiger partial charge in [0.2, 0.25) is 0 Å². The standard InChI is InChI=1S/C12H13NO3S/c1-7-8-5-4-6-9(10(8)11(14)15-7)16-12(17)13(2)3/h4-7H,1-3H3. The van der Waals surface area contributed by atoms with Crippen molar-refractivity contribution >= 4 is 23.4 Å². The molecule has 4 nitrogen and oxygen atoms in total. The van der Waals surface area contributed by atoms with Crippen molar-refractivity contribution < 1.29 is 14.3 Å². The maximum atomic E-state index is 11.7. The molecule has 1 aliphatic heterocycles. The first-order valence-electron chi connectivity index (χ1n) is 5.23. The van der Waals surface area contributed by atoms with Crippen molar-refractivity contribution in [2.75, 3.05) is 14.1 Å². The second-order valence-electron chi connectivity index (χ2n) is 4.03. The van der Waals surface area contributed by atoms with Crippen LogP contribution in [0, 0.1) is 0 Å². The molecule has 0 amide bonds. The van der Waals surface area contributed by atoms with E-state index < -0.39 is 0 Å². The molecular weight excluding hydrogens is 238 g/mol. The molecule has 1 aromatic rings. The van der Waals surface area contributed by atoms with E-state index in [4.69, 9.17) is 21.7 Å².